The van der Waals surface area contributed by atoms with Crippen LogP contribution in [0.1, 0.15) is 16.0 Å². The fraction of sp³-hybridized carbons (Fsp3) is 0.154. The van der Waals surface area contributed by atoms with E-state index in [2.05, 4.69) is 59.2 Å². The zero-order valence-electron chi connectivity index (χ0n) is 9.95. The van der Waals surface area contributed by atoms with E-state index in [9.17, 15) is 4.79 Å². The highest BCUT2D eigenvalue weighted by molar-refractivity contribution is 9.12. The number of anilines is 1. The van der Waals surface area contributed by atoms with E-state index in [0.29, 0.717) is 11.4 Å². The van der Waals surface area contributed by atoms with Crippen LogP contribution in [-0.2, 0) is 4.79 Å². The third-order valence-corrected chi connectivity index (χ3v) is 6.29. The highest BCUT2D eigenvalue weighted by atomic mass is 79.9. The molecule has 1 aromatic heterocycles. The van der Waals surface area contributed by atoms with E-state index in [4.69, 9.17) is 4.74 Å². The van der Waals surface area contributed by atoms with Gasteiger partial charge in [-0.2, -0.15) is 0 Å². The maximum atomic E-state index is 11.4. The first-order chi connectivity index (χ1) is 9.54. The van der Waals surface area contributed by atoms with E-state index in [0.717, 1.165) is 18.7 Å². The second-order valence-corrected chi connectivity index (χ2v) is 8.90. The largest absolute Gasteiger partial charge is 0.482 e. The lowest BCUT2D eigenvalue weighted by molar-refractivity contribution is -0.118. The lowest BCUT2D eigenvalue weighted by Crippen LogP contribution is -2.25. The first-order valence-electron chi connectivity index (χ1n) is 5.70. The molecule has 2 aromatic rings. The quantitative estimate of drug-likeness (QED) is 0.607. The van der Waals surface area contributed by atoms with Gasteiger partial charge in [0.15, 0.2) is 6.61 Å². The molecule has 3 nitrogen and oxygen atoms in total. The van der Waals surface area contributed by atoms with Gasteiger partial charge >= 0.3 is 0 Å². The number of benzene rings is 1. The highest BCUT2D eigenvalue weighted by Gasteiger charge is 2.20. The Labute approximate surface area is 145 Å². The number of amides is 1. The maximum Gasteiger partial charge on any atom is 0.262 e. The van der Waals surface area contributed by atoms with Crippen molar-refractivity contribution < 1.29 is 9.53 Å². The number of carbonyl (C=O) groups is 1. The van der Waals surface area contributed by atoms with E-state index >= 15 is 0 Å². The average Bonchev–Trinajstić information content (AvgIpc) is 2.76. The summed E-state index contributed by atoms with van der Waals surface area (Å²) < 4.78 is 7.50. The summed E-state index contributed by atoms with van der Waals surface area (Å²) in [6.45, 7) is 0.0765. The molecular weight excluding hydrogens is 474 g/mol. The summed E-state index contributed by atoms with van der Waals surface area (Å²) in [6, 6.07) is 7.88. The second kappa shape index (κ2) is 5.79. The van der Waals surface area contributed by atoms with Gasteiger partial charge in [-0.1, -0.05) is 22.0 Å². The van der Waals surface area contributed by atoms with Crippen LogP contribution >= 0.6 is 59.1 Å². The normalized spacial score (nSPS) is 15.2. The molecule has 1 aromatic carbocycles. The van der Waals surface area contributed by atoms with Crippen molar-refractivity contribution >= 4 is 70.7 Å². The summed E-state index contributed by atoms with van der Waals surface area (Å²) in [7, 11) is 0. The van der Waals surface area contributed by atoms with E-state index in [1.165, 1.54) is 0 Å². The molecule has 2 heterocycles. The number of alkyl halides is 1. The Kier molecular flexibility index (Phi) is 4.21. The van der Waals surface area contributed by atoms with Crippen molar-refractivity contribution in [1.29, 1.82) is 0 Å². The molecule has 0 aliphatic carbocycles. The van der Waals surface area contributed by atoms with E-state index in [1.807, 2.05) is 18.2 Å². The Bertz CT molecular complexity index is 686. The predicted molar refractivity (Wildman–Crippen MR) is 91.1 cm³/mol. The van der Waals surface area contributed by atoms with E-state index < -0.39 is 0 Å². The molecule has 3 rings (SSSR count). The monoisotopic (exact) mass is 479 g/mol. The van der Waals surface area contributed by atoms with Gasteiger partial charge in [0.1, 0.15) is 5.75 Å². The third-order valence-electron chi connectivity index (χ3n) is 2.89. The van der Waals surface area contributed by atoms with Gasteiger partial charge in [0, 0.05) is 0 Å². The number of fused-ring (bicyclic) bond motifs is 1. The van der Waals surface area contributed by atoms with Crippen LogP contribution in [0, 0.1) is 0 Å². The second-order valence-electron chi connectivity index (χ2n) is 4.23. The molecule has 1 unspecified atom stereocenters. The molecule has 0 spiro atoms. The zero-order valence-corrected chi connectivity index (χ0v) is 15.5. The highest BCUT2D eigenvalue weighted by Crippen LogP contribution is 2.43. The van der Waals surface area contributed by atoms with Gasteiger partial charge in [0.25, 0.3) is 5.91 Å². The van der Waals surface area contributed by atoms with Crippen LogP contribution in [-0.4, -0.2) is 12.5 Å². The fourth-order valence-corrected chi connectivity index (χ4v) is 5.97. The van der Waals surface area contributed by atoms with Gasteiger partial charge in [-0.15, -0.1) is 11.3 Å². The van der Waals surface area contributed by atoms with Crippen molar-refractivity contribution in [3.63, 3.8) is 0 Å². The summed E-state index contributed by atoms with van der Waals surface area (Å²) in [6.07, 6.45) is 0. The molecule has 0 bridgehead atoms. The Morgan fingerprint density at radius 1 is 1.30 bits per heavy atom. The fourth-order valence-electron chi connectivity index (χ4n) is 1.96. The van der Waals surface area contributed by atoms with Crippen molar-refractivity contribution in [3.8, 4) is 5.75 Å². The molecular formula is C13H8Br3NO2S. The molecule has 0 radical (unpaired) electrons. The van der Waals surface area contributed by atoms with Crippen molar-refractivity contribution in [1.82, 2.24) is 0 Å². The molecule has 1 amide bonds. The topological polar surface area (TPSA) is 38.3 Å². The molecule has 1 aliphatic rings. The van der Waals surface area contributed by atoms with Gasteiger partial charge < -0.3 is 10.1 Å². The summed E-state index contributed by atoms with van der Waals surface area (Å²) in [4.78, 5) is 11.4. The third kappa shape index (κ3) is 2.81. The van der Waals surface area contributed by atoms with Crippen molar-refractivity contribution in [2.24, 2.45) is 0 Å². The molecule has 0 saturated carbocycles. The van der Waals surface area contributed by atoms with Crippen LogP contribution in [0.2, 0.25) is 0 Å². The first kappa shape index (κ1) is 14.6. The van der Waals surface area contributed by atoms with Crippen molar-refractivity contribution in [3.05, 3.63) is 43.0 Å². The van der Waals surface area contributed by atoms with Crippen LogP contribution in [0.3, 0.4) is 0 Å². The summed E-state index contributed by atoms with van der Waals surface area (Å²) in [5.74, 6) is 0.582. The van der Waals surface area contributed by atoms with Crippen LogP contribution < -0.4 is 10.1 Å². The molecule has 1 N–H and O–H groups in total. The summed E-state index contributed by atoms with van der Waals surface area (Å²) in [5.41, 5.74) is 2.92. The molecule has 20 heavy (non-hydrogen) atoms. The first-order valence-corrected chi connectivity index (χ1v) is 9.02. The summed E-state index contributed by atoms with van der Waals surface area (Å²) >= 11 is 12.4. The molecule has 1 atom stereocenters. The lowest BCUT2D eigenvalue weighted by atomic mass is 10.1. The number of hydrogen-bond donors (Lipinski definition) is 1. The Hall–Kier alpha value is -0.370. The maximum absolute atomic E-state index is 11.4. The number of nitrogens with one attached hydrogen (secondary N) is 1. The van der Waals surface area contributed by atoms with Gasteiger partial charge in [-0.3, -0.25) is 4.79 Å². The van der Waals surface area contributed by atoms with Crippen molar-refractivity contribution in [2.45, 2.75) is 4.83 Å². The standard InChI is InChI=1S/C13H8Br3NO2S/c14-10-4-7(13(16)20-10)12(15)6-1-2-9-8(3-6)17-11(18)5-19-9/h1-4,12H,5H2,(H,17,18). The average molecular weight is 482 g/mol. The van der Waals surface area contributed by atoms with E-state index in [1.54, 1.807) is 11.3 Å². The Balaban J connectivity index is 1.96. The molecule has 7 heteroatoms. The SMILES string of the molecule is O=C1COc2ccc(C(Br)c3cc(Br)sc3Br)cc2N1. The minimum absolute atomic E-state index is 0.0450. The smallest absolute Gasteiger partial charge is 0.262 e. The Morgan fingerprint density at radius 3 is 2.80 bits per heavy atom. The van der Waals surface area contributed by atoms with Crippen LogP contribution in [0.4, 0.5) is 5.69 Å². The zero-order chi connectivity index (χ0) is 14.3. The lowest BCUT2D eigenvalue weighted by Gasteiger charge is -2.19. The molecule has 104 valence electrons. The van der Waals surface area contributed by atoms with Crippen LogP contribution in [0.5, 0.6) is 5.75 Å². The molecule has 0 saturated heterocycles. The number of rotatable bonds is 2. The summed E-state index contributed by atoms with van der Waals surface area (Å²) in [5, 5.41) is 2.82. The Morgan fingerprint density at radius 2 is 2.10 bits per heavy atom. The number of halogens is 3. The molecule has 0 fully saturated rings. The predicted octanol–water partition coefficient (Wildman–Crippen LogP) is 5.09. The number of carbonyl (C=O) groups excluding carboxylic acids is 1. The van der Waals surface area contributed by atoms with Gasteiger partial charge in [0.05, 0.1) is 18.1 Å². The number of ether oxygens (including phenoxy) is 1. The van der Waals surface area contributed by atoms with Crippen LogP contribution in [0.25, 0.3) is 0 Å². The molecule has 1 aliphatic heterocycles. The van der Waals surface area contributed by atoms with Crippen LogP contribution in [0.15, 0.2) is 31.8 Å². The number of hydrogen-bond acceptors (Lipinski definition) is 3. The van der Waals surface area contributed by atoms with Gasteiger partial charge in [-0.05, 0) is 61.2 Å². The number of thiophene rings is 1. The van der Waals surface area contributed by atoms with E-state index in [-0.39, 0.29) is 17.3 Å². The van der Waals surface area contributed by atoms with Gasteiger partial charge in [0.2, 0.25) is 0 Å². The van der Waals surface area contributed by atoms with Gasteiger partial charge in [-0.25, -0.2) is 0 Å². The van der Waals surface area contributed by atoms with Crippen molar-refractivity contribution in [2.75, 3.05) is 11.9 Å². The minimum Gasteiger partial charge on any atom is -0.482 e. The minimum atomic E-state index is -0.125.